The molecule has 1 aliphatic rings. The minimum Gasteiger partial charge on any atom is -0.352 e. The summed E-state index contributed by atoms with van der Waals surface area (Å²) in [5, 5.41) is 11.7. The van der Waals surface area contributed by atoms with Gasteiger partial charge < -0.3 is 10.2 Å². The lowest BCUT2D eigenvalue weighted by molar-refractivity contribution is -0.136. The molecule has 1 N–H and O–H groups in total. The summed E-state index contributed by atoms with van der Waals surface area (Å²) >= 11 is 0. The highest BCUT2D eigenvalue weighted by Gasteiger charge is 2.26. The topological polar surface area (TPSA) is 73.2 Å². The molecule has 1 unspecified atom stereocenters. The van der Waals surface area contributed by atoms with E-state index in [-0.39, 0.29) is 18.4 Å². The first kappa shape index (κ1) is 13.5. The Morgan fingerprint density at radius 2 is 2.18 bits per heavy atom. The van der Waals surface area contributed by atoms with Crippen LogP contribution in [0.5, 0.6) is 0 Å². The number of likely N-dealkylation sites (N-methyl/N-ethyl adjacent to an activating group) is 1. The molecule has 0 aromatic carbocycles. The second-order valence-corrected chi connectivity index (χ2v) is 4.51. The normalized spacial score (nSPS) is 15.8. The molecule has 0 aromatic heterocycles. The zero-order valence-electron chi connectivity index (χ0n) is 10.4. The van der Waals surface area contributed by atoms with Gasteiger partial charge in [0.15, 0.2) is 0 Å². The quantitative estimate of drug-likeness (QED) is 0.737. The van der Waals surface area contributed by atoms with Crippen LogP contribution in [0.3, 0.4) is 0 Å². The maximum absolute atomic E-state index is 11.8. The molecule has 0 spiro atoms. The Morgan fingerprint density at radius 1 is 1.53 bits per heavy atom. The number of rotatable bonds is 6. The van der Waals surface area contributed by atoms with Crippen molar-refractivity contribution in [1.82, 2.24) is 10.2 Å². The van der Waals surface area contributed by atoms with Gasteiger partial charge in [-0.3, -0.25) is 9.59 Å². The van der Waals surface area contributed by atoms with Gasteiger partial charge in [0.05, 0.1) is 12.6 Å². The molecular weight excluding hydrogens is 218 g/mol. The molecule has 1 fully saturated rings. The number of nitrogens with one attached hydrogen (secondary N) is 1. The maximum Gasteiger partial charge on any atom is 0.240 e. The summed E-state index contributed by atoms with van der Waals surface area (Å²) in [5.41, 5.74) is 0. The van der Waals surface area contributed by atoms with E-state index in [0.29, 0.717) is 12.5 Å². The molecule has 5 nitrogen and oxygen atoms in total. The average Bonchev–Trinajstić information content (AvgIpc) is 3.08. The van der Waals surface area contributed by atoms with E-state index in [4.69, 9.17) is 5.26 Å². The fourth-order valence-electron chi connectivity index (χ4n) is 1.59. The van der Waals surface area contributed by atoms with Gasteiger partial charge in [-0.2, -0.15) is 5.26 Å². The minimum atomic E-state index is -0.626. The highest BCUT2D eigenvalue weighted by Crippen LogP contribution is 2.18. The van der Waals surface area contributed by atoms with Crippen LogP contribution in [0.2, 0.25) is 0 Å². The summed E-state index contributed by atoms with van der Waals surface area (Å²) in [6.07, 6.45) is 3.39. The van der Waals surface area contributed by atoms with Gasteiger partial charge in [-0.25, -0.2) is 0 Å². The van der Waals surface area contributed by atoms with Gasteiger partial charge in [0, 0.05) is 13.1 Å². The van der Waals surface area contributed by atoms with E-state index in [1.807, 2.05) is 13.0 Å². The Labute approximate surface area is 102 Å². The molecule has 94 valence electrons. The first-order chi connectivity index (χ1) is 8.08. The van der Waals surface area contributed by atoms with Gasteiger partial charge in [-0.05, 0) is 19.3 Å². The first-order valence-corrected chi connectivity index (χ1v) is 6.02. The number of carbonyl (C=O) groups is 2. The van der Waals surface area contributed by atoms with Crippen molar-refractivity contribution in [1.29, 1.82) is 5.26 Å². The molecule has 1 aliphatic carbocycles. The van der Waals surface area contributed by atoms with E-state index in [9.17, 15) is 9.59 Å². The molecule has 0 saturated heterocycles. The largest absolute Gasteiger partial charge is 0.352 e. The van der Waals surface area contributed by atoms with Crippen molar-refractivity contribution in [2.24, 2.45) is 5.92 Å². The monoisotopic (exact) mass is 237 g/mol. The van der Waals surface area contributed by atoms with Crippen molar-refractivity contribution in [2.75, 3.05) is 13.6 Å². The van der Waals surface area contributed by atoms with Gasteiger partial charge >= 0.3 is 0 Å². The maximum atomic E-state index is 11.8. The van der Waals surface area contributed by atoms with E-state index in [1.165, 1.54) is 4.90 Å². The highest BCUT2D eigenvalue weighted by molar-refractivity contribution is 5.87. The van der Waals surface area contributed by atoms with E-state index < -0.39 is 5.92 Å². The molecule has 1 saturated carbocycles. The number of hydrogen-bond acceptors (Lipinski definition) is 3. The number of carbonyl (C=O) groups excluding carboxylic acids is 2. The van der Waals surface area contributed by atoms with Crippen molar-refractivity contribution in [3.63, 3.8) is 0 Å². The summed E-state index contributed by atoms with van der Waals surface area (Å²) in [5.74, 6) is -1.03. The van der Waals surface area contributed by atoms with Crippen LogP contribution in [0.25, 0.3) is 0 Å². The fraction of sp³-hybridized carbons (Fsp3) is 0.750. The third-order valence-electron chi connectivity index (χ3n) is 2.73. The first-order valence-electron chi connectivity index (χ1n) is 6.02. The molecule has 17 heavy (non-hydrogen) atoms. The second-order valence-electron chi connectivity index (χ2n) is 4.51. The van der Waals surface area contributed by atoms with Gasteiger partial charge in [-0.15, -0.1) is 0 Å². The van der Waals surface area contributed by atoms with E-state index in [1.54, 1.807) is 7.05 Å². The lowest BCUT2D eigenvalue weighted by Crippen LogP contribution is -2.41. The van der Waals surface area contributed by atoms with Crippen molar-refractivity contribution in [2.45, 2.75) is 38.6 Å². The van der Waals surface area contributed by atoms with E-state index >= 15 is 0 Å². The Kier molecular flexibility index (Phi) is 4.95. The smallest absolute Gasteiger partial charge is 0.240 e. The molecule has 1 rings (SSSR count). The molecule has 1 atom stereocenters. The predicted molar refractivity (Wildman–Crippen MR) is 62.8 cm³/mol. The van der Waals surface area contributed by atoms with Crippen LogP contribution in [0.15, 0.2) is 0 Å². The van der Waals surface area contributed by atoms with Crippen LogP contribution in [0.4, 0.5) is 0 Å². The summed E-state index contributed by atoms with van der Waals surface area (Å²) in [4.78, 5) is 24.6. The van der Waals surface area contributed by atoms with Gasteiger partial charge in [0.1, 0.15) is 5.92 Å². The predicted octanol–water partition coefficient (Wildman–Crippen LogP) is 0.663. The number of amides is 2. The van der Waals surface area contributed by atoms with Gasteiger partial charge in [0.2, 0.25) is 11.8 Å². The molecule has 0 heterocycles. The molecule has 0 aromatic rings. The zero-order valence-corrected chi connectivity index (χ0v) is 10.4. The van der Waals surface area contributed by atoms with Crippen molar-refractivity contribution < 1.29 is 9.59 Å². The van der Waals surface area contributed by atoms with E-state index in [0.717, 1.165) is 19.3 Å². The summed E-state index contributed by atoms with van der Waals surface area (Å²) in [6, 6.07) is 2.29. The summed E-state index contributed by atoms with van der Waals surface area (Å²) in [7, 11) is 1.56. The summed E-state index contributed by atoms with van der Waals surface area (Å²) in [6.45, 7) is 1.97. The third-order valence-corrected chi connectivity index (χ3v) is 2.73. The molecule has 0 radical (unpaired) electrons. The minimum absolute atomic E-state index is 0.0389. The van der Waals surface area contributed by atoms with Crippen LogP contribution in [0, 0.1) is 17.2 Å². The number of nitriles is 1. The molecule has 0 aliphatic heterocycles. The van der Waals surface area contributed by atoms with Crippen molar-refractivity contribution in [3.8, 4) is 6.07 Å². The molecule has 5 heteroatoms. The lowest BCUT2D eigenvalue weighted by Gasteiger charge is -2.19. The van der Waals surface area contributed by atoms with Gasteiger partial charge in [0.25, 0.3) is 0 Å². The van der Waals surface area contributed by atoms with Crippen LogP contribution in [-0.4, -0.2) is 36.3 Å². The molecule has 2 amide bonds. The number of hydrogen-bond donors (Lipinski definition) is 1. The Hall–Kier alpha value is -1.57. The molecule has 0 bridgehead atoms. The second kappa shape index (κ2) is 6.24. The Bertz CT molecular complexity index is 331. The average molecular weight is 237 g/mol. The lowest BCUT2D eigenvalue weighted by atomic mass is 10.0. The molecular formula is C12H19N3O2. The van der Waals surface area contributed by atoms with Crippen LogP contribution < -0.4 is 5.32 Å². The van der Waals surface area contributed by atoms with Crippen molar-refractivity contribution in [3.05, 3.63) is 0 Å². The van der Waals surface area contributed by atoms with E-state index in [2.05, 4.69) is 5.32 Å². The Balaban J connectivity index is 2.38. The SMILES string of the molecule is CCCC(C#N)C(=O)N(C)CC(=O)NC1CC1. The Morgan fingerprint density at radius 3 is 2.65 bits per heavy atom. The standard InChI is InChI=1S/C12H19N3O2/c1-3-4-9(7-13)12(17)15(2)8-11(16)14-10-5-6-10/h9-10H,3-6,8H2,1-2H3,(H,14,16). The fourth-order valence-corrected chi connectivity index (χ4v) is 1.59. The zero-order chi connectivity index (χ0) is 12.8. The highest BCUT2D eigenvalue weighted by atomic mass is 16.2. The van der Waals surface area contributed by atoms with Crippen molar-refractivity contribution >= 4 is 11.8 Å². The van der Waals surface area contributed by atoms with Crippen LogP contribution in [-0.2, 0) is 9.59 Å². The number of nitrogens with zero attached hydrogens (tertiary/aromatic N) is 2. The van der Waals surface area contributed by atoms with Crippen LogP contribution in [0.1, 0.15) is 32.6 Å². The third kappa shape index (κ3) is 4.43. The van der Waals surface area contributed by atoms with Crippen LogP contribution >= 0.6 is 0 Å². The summed E-state index contributed by atoms with van der Waals surface area (Å²) < 4.78 is 0. The van der Waals surface area contributed by atoms with Gasteiger partial charge in [-0.1, -0.05) is 13.3 Å².